The van der Waals surface area contributed by atoms with Crippen LogP contribution >= 0.6 is 11.6 Å². The van der Waals surface area contributed by atoms with Crippen molar-refractivity contribution in [3.05, 3.63) is 58.6 Å². The van der Waals surface area contributed by atoms with Crippen molar-refractivity contribution in [1.82, 2.24) is 10.2 Å². The van der Waals surface area contributed by atoms with Crippen LogP contribution in [0.25, 0.3) is 0 Å². The summed E-state index contributed by atoms with van der Waals surface area (Å²) in [6.45, 7) is 3.15. The highest BCUT2D eigenvalue weighted by molar-refractivity contribution is 6.31. The predicted octanol–water partition coefficient (Wildman–Crippen LogP) is 3.64. The molecule has 1 aliphatic rings. The van der Waals surface area contributed by atoms with Gasteiger partial charge in [-0.2, -0.15) is 9.37 Å². The van der Waals surface area contributed by atoms with Gasteiger partial charge in [-0.25, -0.2) is 4.79 Å². The Morgan fingerprint density at radius 3 is 2.48 bits per heavy atom. The number of methoxy groups -OCH3 is 1. The molecule has 0 saturated carbocycles. The maximum Gasteiger partial charge on any atom is 0.501 e. The molecule has 2 aromatic rings. The lowest BCUT2D eigenvalue weighted by atomic mass is 10.0. The third kappa shape index (κ3) is 5.62. The molecular weight excluding hydrogens is 418 g/mol. The zero-order valence-electron chi connectivity index (χ0n) is 17.9. The smallest absolute Gasteiger partial charge is 0.493 e. The highest BCUT2D eigenvalue weighted by Crippen LogP contribution is 2.28. The van der Waals surface area contributed by atoms with Crippen molar-refractivity contribution in [2.75, 3.05) is 27.3 Å². The molecule has 0 spiro atoms. The van der Waals surface area contributed by atoms with Crippen molar-refractivity contribution >= 4 is 29.8 Å². The summed E-state index contributed by atoms with van der Waals surface area (Å²) in [5.74, 6) is 0.824. The minimum absolute atomic E-state index is 0.171. The normalized spacial score (nSPS) is 14.6. The Balaban J connectivity index is 1.57. The van der Waals surface area contributed by atoms with E-state index < -0.39 is 0 Å². The van der Waals surface area contributed by atoms with Gasteiger partial charge in [-0.3, -0.25) is 0 Å². The molecule has 31 heavy (non-hydrogen) atoms. The van der Waals surface area contributed by atoms with Gasteiger partial charge in [0, 0.05) is 17.6 Å². The minimum atomic E-state index is -0.354. The Bertz CT molecular complexity index is 975. The largest absolute Gasteiger partial charge is 0.501 e. The van der Waals surface area contributed by atoms with Crippen molar-refractivity contribution in [2.45, 2.75) is 25.9 Å². The van der Waals surface area contributed by atoms with Crippen LogP contribution in [0, 0.1) is 0 Å². The van der Waals surface area contributed by atoms with Crippen molar-refractivity contribution in [3.63, 3.8) is 0 Å². The molecule has 1 aliphatic heterocycles. The van der Waals surface area contributed by atoms with E-state index in [4.69, 9.17) is 21.1 Å². The number of rotatable bonds is 10. The molecule has 8 heteroatoms. The number of hydrogen-bond acceptors (Lipinski definition) is 5. The second-order valence-corrected chi connectivity index (χ2v) is 7.68. The fourth-order valence-corrected chi connectivity index (χ4v) is 3.53. The van der Waals surface area contributed by atoms with Crippen LogP contribution in [-0.4, -0.2) is 54.9 Å². The number of hydrogen-bond donors (Lipinski definition) is 1. The van der Waals surface area contributed by atoms with E-state index in [1.807, 2.05) is 42.5 Å². The number of amides is 3. The average Bonchev–Trinajstić information content (AvgIpc) is 3.01. The van der Waals surface area contributed by atoms with E-state index >= 15 is 0 Å². The summed E-state index contributed by atoms with van der Waals surface area (Å²) in [7, 11) is 3.13. The highest BCUT2D eigenvalue weighted by Gasteiger charge is 2.38. The van der Waals surface area contributed by atoms with Gasteiger partial charge in [0.05, 0.1) is 14.2 Å². The van der Waals surface area contributed by atoms with Gasteiger partial charge in [0.1, 0.15) is 13.2 Å². The molecule has 2 aromatic carbocycles. The standard InChI is InChI=1S/C23H27ClN3O4/c1-4-19(17-6-8-18(24)9-7-17)25-14-16-5-10-20(21(13-16)30-3)31-12-11-27-22(28)15-26(2)23(27)29/h5-10,13,15,19,25H,4,11-12,14H2,1-3H3/q+1. The molecule has 1 unspecified atom stereocenters. The molecular formula is C23H27ClN3O4+. The monoisotopic (exact) mass is 444 g/mol. The summed E-state index contributed by atoms with van der Waals surface area (Å²) in [4.78, 5) is 24.8. The number of carbonyl (C=O) groups excluding carboxylic acids is 2. The lowest BCUT2D eigenvalue weighted by Crippen LogP contribution is -2.36. The summed E-state index contributed by atoms with van der Waals surface area (Å²) < 4.78 is 12.5. The first-order valence-electron chi connectivity index (χ1n) is 10.1. The van der Waals surface area contributed by atoms with Crippen LogP contribution in [0.3, 0.4) is 0 Å². The van der Waals surface area contributed by atoms with E-state index in [-0.39, 0.29) is 31.1 Å². The van der Waals surface area contributed by atoms with Crippen molar-refractivity contribution < 1.29 is 23.6 Å². The molecule has 0 saturated heterocycles. The van der Waals surface area contributed by atoms with Gasteiger partial charge in [-0.05, 0) is 41.8 Å². The second-order valence-electron chi connectivity index (χ2n) is 7.24. The SMILES string of the molecule is CCC(NCc1ccc(OCCN2C(=O)C=[N+](C)C2=O)c(OC)c1)c1ccc(Cl)cc1. The van der Waals surface area contributed by atoms with Crippen LogP contribution in [-0.2, 0) is 11.3 Å². The lowest BCUT2D eigenvalue weighted by molar-refractivity contribution is -0.387. The second kappa shape index (κ2) is 10.4. The first kappa shape index (κ1) is 22.8. The Kier molecular flexibility index (Phi) is 7.65. The first-order chi connectivity index (χ1) is 14.9. The van der Waals surface area contributed by atoms with Gasteiger partial charge in [0.25, 0.3) is 0 Å². The van der Waals surface area contributed by atoms with Gasteiger partial charge in [-0.1, -0.05) is 36.7 Å². The number of urea groups is 1. The molecule has 7 nitrogen and oxygen atoms in total. The Morgan fingerprint density at radius 1 is 1.13 bits per heavy atom. The number of nitrogens with one attached hydrogen (secondary N) is 1. The van der Waals surface area contributed by atoms with Crippen LogP contribution in [0.5, 0.6) is 11.5 Å². The van der Waals surface area contributed by atoms with E-state index in [1.165, 1.54) is 16.4 Å². The minimum Gasteiger partial charge on any atom is -0.493 e. The van der Waals surface area contributed by atoms with E-state index in [0.29, 0.717) is 18.0 Å². The Labute approximate surface area is 187 Å². The molecule has 1 N–H and O–H groups in total. The molecule has 0 aliphatic carbocycles. The molecule has 0 bridgehead atoms. The molecule has 0 aromatic heterocycles. The summed E-state index contributed by atoms with van der Waals surface area (Å²) in [5.41, 5.74) is 2.24. The van der Waals surface area contributed by atoms with Gasteiger partial charge >= 0.3 is 11.9 Å². The number of imide groups is 1. The molecule has 3 amide bonds. The highest BCUT2D eigenvalue weighted by atomic mass is 35.5. The molecule has 0 radical (unpaired) electrons. The maximum atomic E-state index is 11.9. The fourth-order valence-electron chi connectivity index (χ4n) is 3.40. The van der Waals surface area contributed by atoms with Crippen molar-refractivity contribution in [3.8, 4) is 11.5 Å². The fraction of sp³-hybridized carbons (Fsp3) is 0.348. The van der Waals surface area contributed by atoms with Crippen molar-refractivity contribution in [1.29, 1.82) is 0 Å². The van der Waals surface area contributed by atoms with Crippen LogP contribution in [0.1, 0.15) is 30.5 Å². The topological polar surface area (TPSA) is 70.9 Å². The summed E-state index contributed by atoms with van der Waals surface area (Å²) in [6.07, 6.45) is 2.21. The maximum absolute atomic E-state index is 11.9. The Hall–Kier alpha value is -2.90. The Morgan fingerprint density at radius 2 is 1.87 bits per heavy atom. The van der Waals surface area contributed by atoms with Gasteiger partial charge in [0.15, 0.2) is 17.7 Å². The van der Waals surface area contributed by atoms with Crippen LogP contribution in [0.15, 0.2) is 42.5 Å². The molecule has 3 rings (SSSR count). The van der Waals surface area contributed by atoms with Gasteiger partial charge in [-0.15, -0.1) is 4.90 Å². The van der Waals surface area contributed by atoms with Crippen molar-refractivity contribution in [2.24, 2.45) is 0 Å². The molecule has 1 atom stereocenters. The zero-order valence-corrected chi connectivity index (χ0v) is 18.7. The van der Waals surface area contributed by atoms with Crippen LogP contribution in [0.4, 0.5) is 4.79 Å². The first-order valence-corrected chi connectivity index (χ1v) is 10.5. The lowest BCUT2D eigenvalue weighted by Gasteiger charge is -2.18. The van der Waals surface area contributed by atoms with Crippen LogP contribution in [0.2, 0.25) is 5.02 Å². The molecule has 164 valence electrons. The zero-order chi connectivity index (χ0) is 22.4. The quantitative estimate of drug-likeness (QED) is 0.566. The van der Waals surface area contributed by atoms with E-state index in [1.54, 1.807) is 14.2 Å². The summed E-state index contributed by atoms with van der Waals surface area (Å²) in [6, 6.07) is 13.4. The third-order valence-electron chi connectivity index (χ3n) is 5.14. The summed E-state index contributed by atoms with van der Waals surface area (Å²) in [5, 5.41) is 4.28. The number of benzene rings is 2. The van der Waals surface area contributed by atoms with Gasteiger partial charge in [0.2, 0.25) is 0 Å². The number of nitrogens with zero attached hydrogens (tertiary/aromatic N) is 2. The number of ether oxygens (including phenoxy) is 2. The summed E-state index contributed by atoms with van der Waals surface area (Å²) >= 11 is 5.99. The van der Waals surface area contributed by atoms with E-state index in [0.717, 1.165) is 21.9 Å². The molecule has 1 heterocycles. The third-order valence-corrected chi connectivity index (χ3v) is 5.39. The van der Waals surface area contributed by atoms with E-state index in [9.17, 15) is 9.59 Å². The number of halogens is 1. The number of carbonyl (C=O) groups is 2. The van der Waals surface area contributed by atoms with Gasteiger partial charge < -0.3 is 14.8 Å². The van der Waals surface area contributed by atoms with E-state index in [2.05, 4.69) is 12.2 Å². The average molecular weight is 445 g/mol. The molecule has 0 fully saturated rings. The van der Waals surface area contributed by atoms with Crippen LogP contribution < -0.4 is 14.8 Å². The predicted molar refractivity (Wildman–Crippen MR) is 119 cm³/mol.